The first-order valence-electron chi connectivity index (χ1n) is 8.44. The summed E-state index contributed by atoms with van der Waals surface area (Å²) in [6.07, 6.45) is -1.10. The Bertz CT molecular complexity index is 987. The first-order valence-corrected chi connectivity index (χ1v) is 9.69. The Hall–Kier alpha value is -2.83. The third-order valence-electron chi connectivity index (χ3n) is 4.03. The van der Waals surface area contributed by atoms with Gasteiger partial charge in [0.15, 0.2) is 0 Å². The molecule has 0 aliphatic carbocycles. The molecule has 1 N–H and O–H groups in total. The highest BCUT2D eigenvalue weighted by Gasteiger charge is 2.27. The minimum absolute atomic E-state index is 0.364. The van der Waals surface area contributed by atoms with E-state index in [-0.39, 0.29) is 0 Å². The van der Waals surface area contributed by atoms with Crippen molar-refractivity contribution in [1.29, 1.82) is 0 Å². The lowest BCUT2D eigenvalue weighted by Gasteiger charge is -2.18. The number of nitrogens with one attached hydrogen (secondary N) is 1. The quantitative estimate of drug-likeness (QED) is 0.558. The maximum absolute atomic E-state index is 12.9. The largest absolute Gasteiger partial charge is 0.495 e. The highest BCUT2D eigenvalue weighted by Crippen LogP contribution is 2.29. The number of carbonyl (C=O) groups is 2. The fraction of sp³-hybridized carbons (Fsp3) is 0.143. The Balaban J connectivity index is 1.84. The SMILES string of the molecule is COc1ccc(NC(=O)C(OC(=O)c2sccc2C)c2ccccc2)cc1Cl. The van der Waals surface area contributed by atoms with Gasteiger partial charge in [-0.25, -0.2) is 4.79 Å². The topological polar surface area (TPSA) is 64.6 Å². The molecule has 7 heteroatoms. The zero-order valence-corrected chi connectivity index (χ0v) is 16.8. The van der Waals surface area contributed by atoms with Crippen LogP contribution in [-0.4, -0.2) is 19.0 Å². The van der Waals surface area contributed by atoms with Crippen LogP contribution in [0.15, 0.2) is 60.0 Å². The molecule has 0 spiro atoms. The van der Waals surface area contributed by atoms with Gasteiger partial charge in [-0.1, -0.05) is 41.9 Å². The van der Waals surface area contributed by atoms with Crippen LogP contribution < -0.4 is 10.1 Å². The molecule has 3 rings (SSSR count). The van der Waals surface area contributed by atoms with Gasteiger partial charge in [-0.15, -0.1) is 11.3 Å². The Morgan fingerprint density at radius 3 is 2.46 bits per heavy atom. The summed E-state index contributed by atoms with van der Waals surface area (Å²) in [6.45, 7) is 1.82. The lowest BCUT2D eigenvalue weighted by Crippen LogP contribution is -2.25. The van der Waals surface area contributed by atoms with E-state index < -0.39 is 18.0 Å². The van der Waals surface area contributed by atoms with Crippen LogP contribution in [0.5, 0.6) is 5.75 Å². The van der Waals surface area contributed by atoms with Crippen LogP contribution >= 0.6 is 22.9 Å². The van der Waals surface area contributed by atoms with E-state index in [4.69, 9.17) is 21.1 Å². The number of anilines is 1. The first kappa shape index (κ1) is 19.9. The molecular formula is C21H18ClNO4S. The highest BCUT2D eigenvalue weighted by atomic mass is 35.5. The number of hydrogen-bond acceptors (Lipinski definition) is 5. The average molecular weight is 416 g/mol. The molecule has 1 unspecified atom stereocenters. The maximum atomic E-state index is 12.9. The van der Waals surface area contributed by atoms with Gasteiger partial charge in [-0.3, -0.25) is 4.79 Å². The van der Waals surface area contributed by atoms with Gasteiger partial charge >= 0.3 is 5.97 Å². The van der Waals surface area contributed by atoms with Gasteiger partial charge in [0.05, 0.1) is 12.1 Å². The van der Waals surface area contributed by atoms with E-state index in [2.05, 4.69) is 5.32 Å². The molecule has 1 atom stereocenters. The third-order valence-corrected chi connectivity index (χ3v) is 5.32. The van der Waals surface area contributed by atoms with Crippen LogP contribution in [0.25, 0.3) is 0 Å². The summed E-state index contributed by atoms with van der Waals surface area (Å²) in [5, 5.41) is 4.92. The standard InChI is InChI=1S/C21H18ClNO4S/c1-13-10-11-28-19(13)21(25)27-18(14-6-4-3-5-7-14)20(24)23-15-8-9-17(26-2)16(22)12-15/h3-12,18H,1-2H3,(H,23,24). The van der Waals surface area contributed by atoms with Crippen molar-refractivity contribution >= 4 is 40.5 Å². The number of ether oxygens (including phenoxy) is 2. The Kier molecular flexibility index (Phi) is 6.34. The lowest BCUT2D eigenvalue weighted by molar-refractivity contribution is -0.125. The van der Waals surface area contributed by atoms with Gasteiger partial charge in [0, 0.05) is 11.3 Å². The zero-order valence-electron chi connectivity index (χ0n) is 15.3. The van der Waals surface area contributed by atoms with Gasteiger partial charge < -0.3 is 14.8 Å². The Labute approximate surface area is 171 Å². The van der Waals surface area contributed by atoms with Gasteiger partial charge in [-0.2, -0.15) is 0 Å². The minimum Gasteiger partial charge on any atom is -0.495 e. The maximum Gasteiger partial charge on any atom is 0.349 e. The molecule has 0 radical (unpaired) electrons. The normalized spacial score (nSPS) is 11.5. The molecule has 5 nitrogen and oxygen atoms in total. The van der Waals surface area contributed by atoms with Crippen LogP contribution in [0.2, 0.25) is 5.02 Å². The van der Waals surface area contributed by atoms with Crippen molar-refractivity contribution in [3.63, 3.8) is 0 Å². The van der Waals surface area contributed by atoms with E-state index in [1.54, 1.807) is 42.5 Å². The van der Waals surface area contributed by atoms with Crippen molar-refractivity contribution < 1.29 is 19.1 Å². The molecule has 1 amide bonds. The molecule has 1 aromatic heterocycles. The summed E-state index contributed by atoms with van der Waals surface area (Å²) in [5.41, 5.74) is 1.85. The first-order chi connectivity index (χ1) is 13.5. The van der Waals surface area contributed by atoms with Crippen LogP contribution in [0.4, 0.5) is 5.69 Å². The summed E-state index contributed by atoms with van der Waals surface area (Å²) in [6, 6.07) is 15.6. The third kappa shape index (κ3) is 4.52. The van der Waals surface area contributed by atoms with Crippen LogP contribution in [0, 0.1) is 6.92 Å². The summed E-state index contributed by atoms with van der Waals surface area (Å²) >= 11 is 7.40. The number of esters is 1. The number of aryl methyl sites for hydroxylation is 1. The van der Waals surface area contributed by atoms with Crippen molar-refractivity contribution in [2.45, 2.75) is 13.0 Å². The van der Waals surface area contributed by atoms with E-state index in [9.17, 15) is 9.59 Å². The Morgan fingerprint density at radius 1 is 1.11 bits per heavy atom. The second-order valence-electron chi connectivity index (χ2n) is 5.97. The molecular weight excluding hydrogens is 398 g/mol. The molecule has 0 aliphatic heterocycles. The molecule has 0 fully saturated rings. The summed E-state index contributed by atoms with van der Waals surface area (Å²) in [7, 11) is 1.51. The zero-order chi connectivity index (χ0) is 20.1. The van der Waals surface area contributed by atoms with Crippen molar-refractivity contribution in [2.75, 3.05) is 12.4 Å². The average Bonchev–Trinajstić information content (AvgIpc) is 3.12. The molecule has 28 heavy (non-hydrogen) atoms. The number of rotatable bonds is 6. The van der Waals surface area contributed by atoms with Gasteiger partial charge in [-0.05, 0) is 42.1 Å². The highest BCUT2D eigenvalue weighted by molar-refractivity contribution is 7.12. The van der Waals surface area contributed by atoms with Crippen LogP contribution in [-0.2, 0) is 9.53 Å². The second-order valence-corrected chi connectivity index (χ2v) is 7.29. The van der Waals surface area contributed by atoms with Crippen molar-refractivity contribution in [2.24, 2.45) is 0 Å². The smallest absolute Gasteiger partial charge is 0.349 e. The van der Waals surface area contributed by atoms with E-state index in [0.29, 0.717) is 26.9 Å². The van der Waals surface area contributed by atoms with Crippen molar-refractivity contribution in [1.82, 2.24) is 0 Å². The van der Waals surface area contributed by atoms with Gasteiger partial charge in [0.2, 0.25) is 6.10 Å². The molecule has 0 saturated heterocycles. The summed E-state index contributed by atoms with van der Waals surface area (Å²) < 4.78 is 10.7. The molecule has 2 aromatic carbocycles. The second kappa shape index (κ2) is 8.91. The number of hydrogen-bond donors (Lipinski definition) is 1. The van der Waals surface area contributed by atoms with E-state index in [1.165, 1.54) is 18.4 Å². The van der Waals surface area contributed by atoms with Crippen molar-refractivity contribution in [3.8, 4) is 5.75 Å². The fourth-order valence-electron chi connectivity index (χ4n) is 2.60. The molecule has 3 aromatic rings. The van der Waals surface area contributed by atoms with E-state index in [0.717, 1.165) is 5.56 Å². The van der Waals surface area contributed by atoms with Gasteiger partial charge in [0.1, 0.15) is 10.6 Å². The van der Waals surface area contributed by atoms with Crippen LogP contribution in [0.3, 0.4) is 0 Å². The molecule has 144 valence electrons. The monoisotopic (exact) mass is 415 g/mol. The van der Waals surface area contributed by atoms with Crippen molar-refractivity contribution in [3.05, 3.63) is 81.0 Å². The molecule has 0 saturated carbocycles. The minimum atomic E-state index is -1.10. The fourth-order valence-corrected chi connectivity index (χ4v) is 3.66. The predicted molar refractivity (Wildman–Crippen MR) is 110 cm³/mol. The van der Waals surface area contributed by atoms with E-state index >= 15 is 0 Å². The summed E-state index contributed by atoms with van der Waals surface area (Å²) in [5.74, 6) is -0.516. The van der Waals surface area contributed by atoms with E-state index in [1.807, 2.05) is 24.4 Å². The van der Waals surface area contributed by atoms with Gasteiger partial charge in [0.25, 0.3) is 5.91 Å². The van der Waals surface area contributed by atoms with Crippen LogP contribution in [0.1, 0.15) is 26.9 Å². The number of amides is 1. The molecule has 0 bridgehead atoms. The molecule has 1 heterocycles. The lowest BCUT2D eigenvalue weighted by atomic mass is 10.1. The predicted octanol–water partition coefficient (Wildman–Crippen LogP) is 5.26. The number of thiophene rings is 1. The number of methoxy groups -OCH3 is 1. The molecule has 0 aliphatic rings. The number of benzene rings is 2. The number of halogens is 1. The Morgan fingerprint density at radius 2 is 1.86 bits per heavy atom. The number of carbonyl (C=O) groups excluding carboxylic acids is 2. The summed E-state index contributed by atoms with van der Waals surface area (Å²) in [4.78, 5) is 26.0.